The van der Waals surface area contributed by atoms with E-state index in [9.17, 15) is 18.7 Å². The smallest absolute Gasteiger partial charge is 0.342 e. The molecule has 1 atom stereocenters. The number of phenols is 2. The van der Waals surface area contributed by atoms with E-state index in [1.807, 2.05) is 0 Å². The fourth-order valence-electron chi connectivity index (χ4n) is 1.89. The molecule has 1 heterocycles. The second-order valence-electron chi connectivity index (χ2n) is 4.38. The van der Waals surface area contributed by atoms with E-state index in [1.54, 1.807) is 19.1 Å². The number of benzene rings is 2. The van der Waals surface area contributed by atoms with Gasteiger partial charge in [-0.05, 0) is 25.1 Å². The molecule has 0 bridgehead atoms. The largest absolute Gasteiger partial charge is 0.507 e. The average molecular weight is 294 g/mol. The highest BCUT2D eigenvalue weighted by Gasteiger charge is 2.30. The minimum Gasteiger partial charge on any atom is -0.507 e. The van der Waals surface area contributed by atoms with E-state index >= 15 is 0 Å². The third kappa shape index (κ3) is 3.10. The Labute approximate surface area is 119 Å². The van der Waals surface area contributed by atoms with Crippen LogP contribution in [0.4, 0.5) is 8.78 Å². The summed E-state index contributed by atoms with van der Waals surface area (Å²) in [5.74, 6) is -2.54. The maximum atomic E-state index is 12.1. The molecule has 0 saturated heterocycles. The van der Waals surface area contributed by atoms with Crippen LogP contribution in [-0.2, 0) is 4.74 Å². The number of phenolic OH excluding ortho intramolecular Hbond substituents is 2. The van der Waals surface area contributed by atoms with Crippen LogP contribution in [-0.4, -0.2) is 16.2 Å². The number of halogens is 2. The Bertz CT molecular complexity index is 685. The SMILES string of the molecule is CC1OC(=O)c2c(O)cccc21.Oc1cc(F)ccc1F. The van der Waals surface area contributed by atoms with Crippen LogP contribution in [0.3, 0.4) is 0 Å². The van der Waals surface area contributed by atoms with Crippen LogP contribution in [0, 0.1) is 11.6 Å². The van der Waals surface area contributed by atoms with Crippen molar-refractivity contribution in [3.05, 3.63) is 59.2 Å². The predicted molar refractivity (Wildman–Crippen MR) is 70.0 cm³/mol. The van der Waals surface area contributed by atoms with Gasteiger partial charge in [-0.2, -0.15) is 0 Å². The number of cyclic esters (lactones) is 1. The van der Waals surface area contributed by atoms with Gasteiger partial charge >= 0.3 is 5.97 Å². The highest BCUT2D eigenvalue weighted by Crippen LogP contribution is 2.34. The molecule has 2 N–H and O–H groups in total. The van der Waals surface area contributed by atoms with Crippen molar-refractivity contribution in [1.82, 2.24) is 0 Å². The van der Waals surface area contributed by atoms with Crippen molar-refractivity contribution in [1.29, 1.82) is 0 Å². The van der Waals surface area contributed by atoms with Gasteiger partial charge in [0.1, 0.15) is 23.2 Å². The molecular formula is C15H12F2O4. The summed E-state index contributed by atoms with van der Waals surface area (Å²) < 4.78 is 29.0. The van der Waals surface area contributed by atoms with Gasteiger partial charge in [0, 0.05) is 11.6 Å². The molecule has 0 amide bonds. The topological polar surface area (TPSA) is 66.8 Å². The lowest BCUT2D eigenvalue weighted by molar-refractivity contribution is 0.0420. The standard InChI is InChI=1S/C9H8O3.C6H4F2O/c1-5-6-3-2-4-7(10)8(6)9(11)12-5;7-4-1-2-5(8)6(9)3-4/h2-5,10H,1H3;1-3,9H. The first-order valence-electron chi connectivity index (χ1n) is 6.07. The van der Waals surface area contributed by atoms with E-state index in [2.05, 4.69) is 0 Å². The van der Waals surface area contributed by atoms with Crippen LogP contribution in [0.1, 0.15) is 28.9 Å². The Hall–Kier alpha value is -2.63. The molecule has 3 rings (SSSR count). The molecular weight excluding hydrogens is 282 g/mol. The molecule has 1 aliphatic heterocycles. The minimum atomic E-state index is -0.809. The predicted octanol–water partition coefficient (Wildman–Crippen LogP) is 3.29. The zero-order valence-electron chi connectivity index (χ0n) is 11.0. The fraction of sp³-hybridized carbons (Fsp3) is 0.133. The van der Waals surface area contributed by atoms with Crippen molar-refractivity contribution < 1.29 is 28.5 Å². The van der Waals surface area contributed by atoms with Gasteiger partial charge in [-0.3, -0.25) is 0 Å². The molecule has 2 aromatic carbocycles. The van der Waals surface area contributed by atoms with Crippen LogP contribution in [0.5, 0.6) is 11.5 Å². The summed E-state index contributed by atoms with van der Waals surface area (Å²) in [7, 11) is 0. The maximum Gasteiger partial charge on any atom is 0.342 e. The molecule has 1 aliphatic rings. The Morgan fingerprint density at radius 3 is 2.38 bits per heavy atom. The van der Waals surface area contributed by atoms with E-state index in [0.717, 1.165) is 23.8 Å². The van der Waals surface area contributed by atoms with Crippen LogP contribution < -0.4 is 0 Å². The summed E-state index contributed by atoms with van der Waals surface area (Å²) in [5, 5.41) is 17.8. The van der Waals surface area contributed by atoms with Crippen LogP contribution in [0.15, 0.2) is 36.4 Å². The lowest BCUT2D eigenvalue weighted by atomic mass is 10.1. The molecule has 1 unspecified atom stereocenters. The first-order valence-corrected chi connectivity index (χ1v) is 6.07. The first-order chi connectivity index (χ1) is 9.90. The van der Waals surface area contributed by atoms with E-state index in [4.69, 9.17) is 9.84 Å². The van der Waals surface area contributed by atoms with E-state index in [0.29, 0.717) is 5.56 Å². The zero-order chi connectivity index (χ0) is 15.6. The number of aromatic hydroxyl groups is 2. The molecule has 0 spiro atoms. The van der Waals surface area contributed by atoms with Gasteiger partial charge in [0.25, 0.3) is 0 Å². The minimum absolute atomic E-state index is 0.00171. The molecule has 0 fully saturated rings. The van der Waals surface area contributed by atoms with Gasteiger partial charge in [0.2, 0.25) is 0 Å². The van der Waals surface area contributed by atoms with Crippen molar-refractivity contribution in [2.24, 2.45) is 0 Å². The van der Waals surface area contributed by atoms with Gasteiger partial charge < -0.3 is 14.9 Å². The Morgan fingerprint density at radius 1 is 1.10 bits per heavy atom. The van der Waals surface area contributed by atoms with Gasteiger partial charge in [0.15, 0.2) is 11.6 Å². The summed E-state index contributed by atoms with van der Waals surface area (Å²) in [6.07, 6.45) is -0.236. The average Bonchev–Trinajstić information content (AvgIpc) is 2.72. The summed E-state index contributed by atoms with van der Waals surface area (Å²) in [6.45, 7) is 1.78. The Balaban J connectivity index is 0.000000161. The van der Waals surface area contributed by atoms with E-state index in [1.165, 1.54) is 6.07 Å². The van der Waals surface area contributed by atoms with Crippen molar-refractivity contribution in [3.63, 3.8) is 0 Å². The molecule has 21 heavy (non-hydrogen) atoms. The maximum absolute atomic E-state index is 12.1. The number of ether oxygens (including phenoxy) is 1. The molecule has 0 saturated carbocycles. The quantitative estimate of drug-likeness (QED) is 0.732. The van der Waals surface area contributed by atoms with Gasteiger partial charge in [-0.15, -0.1) is 0 Å². The monoisotopic (exact) mass is 294 g/mol. The number of hydrogen-bond donors (Lipinski definition) is 2. The number of carbonyl (C=O) groups excluding carboxylic acids is 1. The summed E-state index contributed by atoms with van der Waals surface area (Å²) in [6, 6.07) is 7.49. The second-order valence-corrected chi connectivity index (χ2v) is 4.38. The van der Waals surface area contributed by atoms with Gasteiger partial charge in [-0.25, -0.2) is 13.6 Å². The summed E-state index contributed by atoms with van der Waals surface area (Å²) >= 11 is 0. The Morgan fingerprint density at radius 2 is 1.81 bits per heavy atom. The number of hydrogen-bond acceptors (Lipinski definition) is 4. The third-order valence-corrected chi connectivity index (χ3v) is 2.91. The second kappa shape index (κ2) is 5.78. The highest BCUT2D eigenvalue weighted by atomic mass is 19.1. The number of fused-ring (bicyclic) bond motifs is 1. The van der Waals surface area contributed by atoms with Crippen molar-refractivity contribution in [2.75, 3.05) is 0 Å². The number of carbonyl (C=O) groups is 1. The van der Waals surface area contributed by atoms with Crippen molar-refractivity contribution in [2.45, 2.75) is 13.0 Å². The molecule has 110 valence electrons. The fourth-order valence-corrected chi connectivity index (χ4v) is 1.89. The molecule has 0 aliphatic carbocycles. The summed E-state index contributed by atoms with van der Waals surface area (Å²) in [4.78, 5) is 11.1. The summed E-state index contributed by atoms with van der Waals surface area (Å²) in [5.41, 5.74) is 1.07. The number of esters is 1. The van der Waals surface area contributed by atoms with E-state index < -0.39 is 23.4 Å². The first kappa shape index (κ1) is 14.8. The van der Waals surface area contributed by atoms with Crippen LogP contribution >= 0.6 is 0 Å². The van der Waals surface area contributed by atoms with Gasteiger partial charge in [-0.1, -0.05) is 12.1 Å². The van der Waals surface area contributed by atoms with Gasteiger partial charge in [0.05, 0.1) is 0 Å². The Kier molecular flexibility index (Phi) is 4.07. The highest BCUT2D eigenvalue weighted by molar-refractivity contribution is 5.96. The van der Waals surface area contributed by atoms with Crippen molar-refractivity contribution >= 4 is 5.97 Å². The molecule has 2 aromatic rings. The lowest BCUT2D eigenvalue weighted by Gasteiger charge is -2.00. The zero-order valence-corrected chi connectivity index (χ0v) is 11.0. The number of rotatable bonds is 0. The normalized spacial score (nSPS) is 15.8. The van der Waals surface area contributed by atoms with E-state index in [-0.39, 0.29) is 11.9 Å². The molecule has 4 nitrogen and oxygen atoms in total. The van der Waals surface area contributed by atoms with Crippen LogP contribution in [0.2, 0.25) is 0 Å². The molecule has 0 radical (unpaired) electrons. The molecule has 0 aromatic heterocycles. The van der Waals surface area contributed by atoms with Crippen LogP contribution in [0.25, 0.3) is 0 Å². The third-order valence-electron chi connectivity index (χ3n) is 2.91. The molecule has 6 heteroatoms. The van der Waals surface area contributed by atoms with Crippen molar-refractivity contribution in [3.8, 4) is 11.5 Å². The lowest BCUT2D eigenvalue weighted by Crippen LogP contribution is -1.94.